The fourth-order valence-corrected chi connectivity index (χ4v) is 3.95. The number of non-ortho nitro benzene ring substituents is 1. The first-order valence-corrected chi connectivity index (χ1v) is 8.16. The van der Waals surface area contributed by atoms with E-state index in [9.17, 15) is 14.9 Å². The summed E-state index contributed by atoms with van der Waals surface area (Å²) >= 11 is 7.69. The lowest BCUT2D eigenvalue weighted by molar-refractivity contribution is -0.384. The predicted octanol–water partition coefficient (Wildman–Crippen LogP) is 3.81. The fraction of sp³-hybridized carbons (Fsp3) is 0. The molecule has 8 heteroatoms. The van der Waals surface area contributed by atoms with Crippen LogP contribution in [-0.4, -0.2) is 15.2 Å². The monoisotopic (exact) mass is 348 g/mol. The van der Waals surface area contributed by atoms with Gasteiger partial charge in [0.25, 0.3) is 11.6 Å². The smallest absolute Gasteiger partial charge is 0.269 e. The molecular weight excluding hydrogens is 340 g/mol. The number of nitrogens with zero attached hydrogens (tertiary/aromatic N) is 1. The zero-order valence-electron chi connectivity index (χ0n) is 10.9. The zero-order chi connectivity index (χ0) is 15.7. The van der Waals surface area contributed by atoms with Crippen molar-refractivity contribution in [2.45, 2.75) is 0 Å². The molecule has 0 spiro atoms. The number of carbonyl (C=O) groups excluding carboxylic acids is 1. The van der Waals surface area contributed by atoms with Gasteiger partial charge >= 0.3 is 0 Å². The highest BCUT2D eigenvalue weighted by Crippen LogP contribution is 2.33. The van der Waals surface area contributed by atoms with Crippen LogP contribution in [0.5, 0.6) is 0 Å². The van der Waals surface area contributed by atoms with Crippen molar-refractivity contribution < 1.29 is 9.72 Å². The molecule has 1 N–H and O–H groups in total. The molecule has 1 fully saturated rings. The molecule has 0 saturated carbocycles. The number of rotatable bonds is 3. The summed E-state index contributed by atoms with van der Waals surface area (Å²) in [5.41, 5.74) is 0.967. The van der Waals surface area contributed by atoms with Gasteiger partial charge in [-0.15, -0.1) is 11.3 Å². The number of benzene rings is 1. The largest absolute Gasteiger partial charge is 0.307 e. The number of hydrogen-bond acceptors (Lipinski definition) is 6. The molecule has 110 valence electrons. The Hall–Kier alpha value is -2.03. The van der Waals surface area contributed by atoms with Crippen LogP contribution in [0.4, 0.5) is 5.69 Å². The summed E-state index contributed by atoms with van der Waals surface area (Å²) < 4.78 is 0.461. The lowest BCUT2D eigenvalue weighted by atomic mass is 10.2. The number of thiophene rings is 1. The van der Waals surface area contributed by atoms with Gasteiger partial charge in [0.15, 0.2) is 0 Å². The molecule has 2 heterocycles. The van der Waals surface area contributed by atoms with E-state index in [0.29, 0.717) is 9.23 Å². The van der Waals surface area contributed by atoms with E-state index in [0.717, 1.165) is 15.3 Å². The normalized spacial score (nSPS) is 16.1. The van der Waals surface area contributed by atoms with Gasteiger partial charge in [0.2, 0.25) is 0 Å². The van der Waals surface area contributed by atoms with Crippen LogP contribution in [0.2, 0.25) is 0 Å². The van der Waals surface area contributed by atoms with Crippen LogP contribution < -0.4 is 5.32 Å². The van der Waals surface area contributed by atoms with Crippen molar-refractivity contribution in [3.05, 3.63) is 56.3 Å². The molecule has 1 aliphatic rings. The summed E-state index contributed by atoms with van der Waals surface area (Å²) in [5, 5.41) is 13.2. The van der Waals surface area contributed by atoms with Gasteiger partial charge in [-0.05, 0) is 35.9 Å². The van der Waals surface area contributed by atoms with Crippen molar-refractivity contribution in [1.82, 2.24) is 5.32 Å². The number of carbonyl (C=O) groups is 1. The van der Waals surface area contributed by atoms with Gasteiger partial charge in [-0.25, -0.2) is 0 Å². The van der Waals surface area contributed by atoms with Crippen LogP contribution in [0.3, 0.4) is 0 Å². The molecule has 0 aliphatic carbocycles. The van der Waals surface area contributed by atoms with Gasteiger partial charge in [-0.1, -0.05) is 24.0 Å². The molecule has 0 radical (unpaired) electrons. The van der Waals surface area contributed by atoms with Crippen LogP contribution in [0.1, 0.15) is 4.88 Å². The first kappa shape index (κ1) is 14.9. The molecule has 0 unspecified atom stereocenters. The second-order valence-corrected chi connectivity index (χ2v) is 7.19. The van der Waals surface area contributed by atoms with Gasteiger partial charge < -0.3 is 5.32 Å². The van der Waals surface area contributed by atoms with Gasteiger partial charge in [-0.2, -0.15) is 0 Å². The molecule has 3 rings (SSSR count). The molecule has 1 aromatic carbocycles. The van der Waals surface area contributed by atoms with Crippen LogP contribution in [-0.2, 0) is 4.79 Å². The third-order valence-corrected chi connectivity index (χ3v) is 5.15. The average Bonchev–Trinajstić information content (AvgIpc) is 3.06. The molecule has 1 aliphatic heterocycles. The van der Waals surface area contributed by atoms with Crippen LogP contribution in [0.25, 0.3) is 16.5 Å². The molecule has 1 amide bonds. The van der Waals surface area contributed by atoms with Gasteiger partial charge in [0, 0.05) is 21.9 Å². The Labute approximate surface area is 139 Å². The summed E-state index contributed by atoms with van der Waals surface area (Å²) in [6.45, 7) is 0. The molecule has 0 atom stereocenters. The van der Waals surface area contributed by atoms with Crippen molar-refractivity contribution in [2.75, 3.05) is 0 Å². The minimum absolute atomic E-state index is 0.0650. The Balaban J connectivity index is 1.85. The number of nitro benzene ring substituents is 1. The lowest BCUT2D eigenvalue weighted by Crippen LogP contribution is -2.17. The molecular formula is C14H8N2O3S3. The Morgan fingerprint density at radius 3 is 2.50 bits per heavy atom. The topological polar surface area (TPSA) is 72.2 Å². The van der Waals surface area contributed by atoms with Gasteiger partial charge in [0.1, 0.15) is 4.32 Å². The molecule has 0 bridgehead atoms. The summed E-state index contributed by atoms with van der Waals surface area (Å²) in [6.07, 6.45) is 1.79. The summed E-state index contributed by atoms with van der Waals surface area (Å²) in [4.78, 5) is 24.3. The Kier molecular flexibility index (Phi) is 4.06. The molecule has 22 heavy (non-hydrogen) atoms. The number of nitro groups is 1. The highest BCUT2D eigenvalue weighted by molar-refractivity contribution is 8.26. The molecule has 1 aromatic heterocycles. The predicted molar refractivity (Wildman–Crippen MR) is 92.7 cm³/mol. The van der Waals surface area contributed by atoms with Gasteiger partial charge in [0.05, 0.1) is 9.83 Å². The second-order valence-electron chi connectivity index (χ2n) is 4.36. The number of hydrogen-bond donors (Lipinski definition) is 1. The third-order valence-electron chi connectivity index (χ3n) is 2.90. The summed E-state index contributed by atoms with van der Waals surface area (Å²) in [6, 6.07) is 10.2. The number of amides is 1. The minimum Gasteiger partial charge on any atom is -0.307 e. The third kappa shape index (κ3) is 3.08. The van der Waals surface area contributed by atoms with E-state index < -0.39 is 4.92 Å². The van der Waals surface area contributed by atoms with Crippen LogP contribution in [0, 0.1) is 10.1 Å². The van der Waals surface area contributed by atoms with Crippen molar-refractivity contribution in [2.24, 2.45) is 0 Å². The van der Waals surface area contributed by atoms with E-state index in [-0.39, 0.29) is 11.6 Å². The Morgan fingerprint density at radius 2 is 1.91 bits per heavy atom. The standard InChI is InChI=1S/C14H8N2O3S3/c17-13-12(22-14(20)15-13)7-10-5-6-11(21-10)8-1-3-9(4-2-8)16(18)19/h1-7H,(H,15,17,20)/b12-7+. The van der Waals surface area contributed by atoms with E-state index in [2.05, 4.69) is 5.32 Å². The quantitative estimate of drug-likeness (QED) is 0.395. The SMILES string of the molecule is O=C1NC(=S)S/C1=C/c1ccc(-c2ccc([N+](=O)[O-])cc2)s1. The number of thiocarbonyl (C=S) groups is 1. The first-order chi connectivity index (χ1) is 10.5. The average molecular weight is 348 g/mol. The Bertz CT molecular complexity index is 809. The minimum atomic E-state index is -0.424. The van der Waals surface area contributed by atoms with E-state index in [4.69, 9.17) is 12.2 Å². The lowest BCUT2D eigenvalue weighted by Gasteiger charge is -1.96. The molecule has 2 aromatic rings. The summed E-state index contributed by atoms with van der Waals surface area (Å²) in [7, 11) is 0. The van der Waals surface area contributed by atoms with Crippen molar-refractivity contribution in [3.8, 4) is 10.4 Å². The maximum Gasteiger partial charge on any atom is 0.269 e. The van der Waals surface area contributed by atoms with Gasteiger partial charge in [-0.3, -0.25) is 14.9 Å². The van der Waals surface area contributed by atoms with Crippen molar-refractivity contribution >= 4 is 57.3 Å². The van der Waals surface area contributed by atoms with E-state index in [1.807, 2.05) is 12.1 Å². The van der Waals surface area contributed by atoms with Crippen molar-refractivity contribution in [3.63, 3.8) is 0 Å². The molecule has 1 saturated heterocycles. The summed E-state index contributed by atoms with van der Waals surface area (Å²) in [5.74, 6) is -0.180. The van der Waals surface area contributed by atoms with Crippen LogP contribution >= 0.6 is 35.3 Å². The zero-order valence-corrected chi connectivity index (χ0v) is 13.4. The van der Waals surface area contributed by atoms with Crippen LogP contribution in [0.15, 0.2) is 41.3 Å². The maximum atomic E-state index is 11.6. The molecule has 5 nitrogen and oxygen atoms in total. The van der Waals surface area contributed by atoms with E-state index >= 15 is 0 Å². The number of thioether (sulfide) groups is 1. The first-order valence-electron chi connectivity index (χ1n) is 6.12. The maximum absolute atomic E-state index is 11.6. The van der Waals surface area contributed by atoms with E-state index in [1.54, 1.807) is 18.2 Å². The highest BCUT2D eigenvalue weighted by atomic mass is 32.2. The van der Waals surface area contributed by atoms with Crippen molar-refractivity contribution in [1.29, 1.82) is 0 Å². The number of nitrogens with one attached hydrogen (secondary N) is 1. The fourth-order valence-electron chi connectivity index (χ4n) is 1.88. The van der Waals surface area contributed by atoms with E-state index in [1.165, 1.54) is 35.2 Å². The second kappa shape index (κ2) is 5.99. The Morgan fingerprint density at radius 1 is 1.18 bits per heavy atom. The highest BCUT2D eigenvalue weighted by Gasteiger charge is 2.22.